The Bertz CT molecular complexity index is 1340. The van der Waals surface area contributed by atoms with E-state index in [9.17, 15) is 8.42 Å². The molecule has 0 aliphatic rings. The van der Waals surface area contributed by atoms with E-state index in [1.165, 1.54) is 12.1 Å². The van der Waals surface area contributed by atoms with E-state index in [-0.39, 0.29) is 10.7 Å². The van der Waals surface area contributed by atoms with Crippen molar-refractivity contribution in [1.29, 1.82) is 0 Å². The van der Waals surface area contributed by atoms with Crippen LogP contribution in [0, 0.1) is 0 Å². The van der Waals surface area contributed by atoms with Crippen LogP contribution in [0.2, 0.25) is 0 Å². The molecule has 0 atom stereocenters. The van der Waals surface area contributed by atoms with Crippen molar-refractivity contribution >= 4 is 32.7 Å². The van der Waals surface area contributed by atoms with E-state index in [0.29, 0.717) is 34.9 Å². The Hall–Kier alpha value is -3.85. The van der Waals surface area contributed by atoms with Gasteiger partial charge in [0.2, 0.25) is 0 Å². The van der Waals surface area contributed by atoms with Crippen molar-refractivity contribution < 1.29 is 17.9 Å². The molecule has 1 heterocycles. The molecule has 1 aromatic heterocycles. The van der Waals surface area contributed by atoms with Crippen LogP contribution < -0.4 is 19.5 Å². The first-order valence-corrected chi connectivity index (χ1v) is 11.3. The first-order valence-electron chi connectivity index (χ1n) is 9.79. The van der Waals surface area contributed by atoms with Gasteiger partial charge in [-0.2, -0.15) is 0 Å². The van der Waals surface area contributed by atoms with Crippen LogP contribution in [-0.4, -0.2) is 32.6 Å². The van der Waals surface area contributed by atoms with Crippen molar-refractivity contribution in [3.05, 3.63) is 78.4 Å². The molecule has 4 rings (SSSR count). The number of sulfonamides is 1. The largest absolute Gasteiger partial charge is 0.497 e. The molecule has 0 aliphatic heterocycles. The Kier molecular flexibility index (Phi) is 6.09. The second-order valence-corrected chi connectivity index (χ2v) is 8.54. The number of aromatic nitrogens is 2. The van der Waals surface area contributed by atoms with E-state index < -0.39 is 10.0 Å². The molecule has 8 nitrogen and oxygen atoms in total. The summed E-state index contributed by atoms with van der Waals surface area (Å²) in [6.45, 7) is 0.313. The maximum atomic E-state index is 12.9. The maximum Gasteiger partial charge on any atom is 0.263 e. The van der Waals surface area contributed by atoms with Gasteiger partial charge in [0.25, 0.3) is 10.0 Å². The van der Waals surface area contributed by atoms with Crippen molar-refractivity contribution in [2.24, 2.45) is 0 Å². The standard InChI is InChI=1S/C23H22N4O4S/c1-30-17-12-13-21(31-2)16(14-17)15-24-22-23(26-20-11-7-6-10-19(20)25-22)27-32(28,29)18-8-4-3-5-9-18/h3-14H,15H2,1-2H3,(H,24,25)(H,26,27). The van der Waals surface area contributed by atoms with E-state index >= 15 is 0 Å². The van der Waals surface area contributed by atoms with E-state index in [4.69, 9.17) is 9.47 Å². The molecule has 0 aliphatic carbocycles. The molecule has 3 aromatic carbocycles. The van der Waals surface area contributed by atoms with E-state index in [2.05, 4.69) is 20.0 Å². The van der Waals surface area contributed by atoms with Crippen LogP contribution >= 0.6 is 0 Å². The minimum absolute atomic E-state index is 0.106. The number of fused-ring (bicyclic) bond motifs is 1. The lowest BCUT2D eigenvalue weighted by Crippen LogP contribution is -2.16. The van der Waals surface area contributed by atoms with Gasteiger partial charge in [0.1, 0.15) is 11.5 Å². The summed E-state index contributed by atoms with van der Waals surface area (Å²) in [5.74, 6) is 1.75. The summed E-state index contributed by atoms with van der Waals surface area (Å²) in [7, 11) is -0.677. The van der Waals surface area contributed by atoms with Gasteiger partial charge in [-0.25, -0.2) is 18.4 Å². The summed E-state index contributed by atoms with van der Waals surface area (Å²) in [5, 5.41) is 3.19. The molecule has 9 heteroatoms. The molecular weight excluding hydrogens is 428 g/mol. The van der Waals surface area contributed by atoms with E-state index in [1.54, 1.807) is 50.6 Å². The number of rotatable bonds is 8. The minimum atomic E-state index is -3.85. The van der Waals surface area contributed by atoms with Gasteiger partial charge >= 0.3 is 0 Å². The van der Waals surface area contributed by atoms with Gasteiger partial charge in [-0.1, -0.05) is 30.3 Å². The number of benzene rings is 3. The third-order valence-electron chi connectivity index (χ3n) is 4.79. The zero-order valence-corrected chi connectivity index (χ0v) is 18.4. The first kappa shape index (κ1) is 21.4. The van der Waals surface area contributed by atoms with Crippen LogP contribution in [0.3, 0.4) is 0 Å². The van der Waals surface area contributed by atoms with Crippen LogP contribution in [-0.2, 0) is 16.6 Å². The fraction of sp³-hybridized carbons (Fsp3) is 0.130. The second-order valence-electron chi connectivity index (χ2n) is 6.86. The fourth-order valence-electron chi connectivity index (χ4n) is 3.18. The lowest BCUT2D eigenvalue weighted by molar-refractivity contribution is 0.399. The van der Waals surface area contributed by atoms with Gasteiger partial charge in [-0.15, -0.1) is 0 Å². The molecule has 0 fully saturated rings. The normalized spacial score (nSPS) is 11.2. The predicted molar refractivity (Wildman–Crippen MR) is 124 cm³/mol. The molecular formula is C23H22N4O4S. The van der Waals surface area contributed by atoms with Gasteiger partial charge in [-0.05, 0) is 42.5 Å². The Morgan fingerprint density at radius 1 is 0.812 bits per heavy atom. The van der Waals surface area contributed by atoms with Crippen molar-refractivity contribution in [1.82, 2.24) is 9.97 Å². The highest BCUT2D eigenvalue weighted by Crippen LogP contribution is 2.28. The topological polar surface area (TPSA) is 102 Å². The molecule has 0 spiro atoms. The number of methoxy groups -OCH3 is 2. The predicted octanol–water partition coefficient (Wildman–Crippen LogP) is 4.06. The molecule has 0 saturated heterocycles. The van der Waals surface area contributed by atoms with Gasteiger partial charge < -0.3 is 14.8 Å². The zero-order valence-electron chi connectivity index (χ0n) is 17.6. The van der Waals surface area contributed by atoms with Gasteiger partial charge in [0.15, 0.2) is 11.6 Å². The Labute approximate surface area is 186 Å². The Morgan fingerprint density at radius 2 is 1.47 bits per heavy atom. The smallest absolute Gasteiger partial charge is 0.263 e. The third-order valence-corrected chi connectivity index (χ3v) is 6.14. The van der Waals surface area contributed by atoms with E-state index in [1.807, 2.05) is 24.3 Å². The van der Waals surface area contributed by atoms with Gasteiger partial charge in [0, 0.05) is 12.1 Å². The average molecular weight is 451 g/mol. The number of para-hydroxylation sites is 2. The maximum absolute atomic E-state index is 12.9. The summed E-state index contributed by atoms with van der Waals surface area (Å²) in [4.78, 5) is 9.23. The summed E-state index contributed by atoms with van der Waals surface area (Å²) >= 11 is 0. The summed E-state index contributed by atoms with van der Waals surface area (Å²) in [6.07, 6.45) is 0. The SMILES string of the molecule is COc1ccc(OC)c(CNc2nc3ccccc3nc2NS(=O)(=O)c2ccccc2)c1. The number of anilines is 2. The number of ether oxygens (including phenoxy) is 2. The van der Waals surface area contributed by atoms with Gasteiger partial charge in [0.05, 0.1) is 30.1 Å². The van der Waals surface area contributed by atoms with Crippen molar-refractivity contribution in [3.8, 4) is 11.5 Å². The highest BCUT2D eigenvalue weighted by molar-refractivity contribution is 7.92. The molecule has 0 unspecified atom stereocenters. The molecule has 0 saturated carbocycles. The number of hydrogen-bond acceptors (Lipinski definition) is 7. The first-order chi connectivity index (χ1) is 15.5. The molecule has 2 N–H and O–H groups in total. The average Bonchev–Trinajstić information content (AvgIpc) is 2.82. The van der Waals surface area contributed by atoms with Crippen molar-refractivity contribution in [2.45, 2.75) is 11.4 Å². The van der Waals surface area contributed by atoms with Gasteiger partial charge in [-0.3, -0.25) is 4.72 Å². The van der Waals surface area contributed by atoms with Crippen LogP contribution in [0.15, 0.2) is 77.7 Å². The van der Waals surface area contributed by atoms with Crippen molar-refractivity contribution in [2.75, 3.05) is 24.3 Å². The lowest BCUT2D eigenvalue weighted by atomic mass is 10.2. The molecule has 4 aromatic rings. The monoisotopic (exact) mass is 450 g/mol. The molecule has 32 heavy (non-hydrogen) atoms. The Balaban J connectivity index is 1.71. The summed E-state index contributed by atoms with van der Waals surface area (Å²) in [6, 6.07) is 20.8. The Morgan fingerprint density at radius 3 is 2.12 bits per heavy atom. The van der Waals surface area contributed by atoms with E-state index in [0.717, 1.165) is 5.56 Å². The number of nitrogens with zero attached hydrogens (tertiary/aromatic N) is 2. The number of hydrogen-bond donors (Lipinski definition) is 2. The van der Waals surface area contributed by atoms with Crippen LogP contribution in [0.4, 0.5) is 11.6 Å². The van der Waals surface area contributed by atoms with Crippen LogP contribution in [0.5, 0.6) is 11.5 Å². The highest BCUT2D eigenvalue weighted by Gasteiger charge is 2.19. The second kappa shape index (κ2) is 9.11. The molecule has 0 bridgehead atoms. The fourth-order valence-corrected chi connectivity index (χ4v) is 4.21. The van der Waals surface area contributed by atoms with Crippen LogP contribution in [0.1, 0.15) is 5.56 Å². The highest BCUT2D eigenvalue weighted by atomic mass is 32.2. The molecule has 0 amide bonds. The quantitative estimate of drug-likeness (QED) is 0.417. The third kappa shape index (κ3) is 4.57. The minimum Gasteiger partial charge on any atom is -0.497 e. The number of nitrogens with one attached hydrogen (secondary N) is 2. The lowest BCUT2D eigenvalue weighted by Gasteiger charge is -2.15. The summed E-state index contributed by atoms with van der Waals surface area (Å²) < 4.78 is 39.1. The zero-order chi connectivity index (χ0) is 22.6. The summed E-state index contributed by atoms with van der Waals surface area (Å²) in [5.41, 5.74) is 2.02. The van der Waals surface area contributed by atoms with Crippen LogP contribution in [0.25, 0.3) is 11.0 Å². The van der Waals surface area contributed by atoms with Crippen molar-refractivity contribution in [3.63, 3.8) is 0 Å². The molecule has 0 radical (unpaired) electrons. The molecule has 164 valence electrons.